The SMILES string of the molecule is COC(=O)CC[C@@H](C)[C@H]1CC[C@H]2[C@@H]3C(O)=C(C(C)=O)[C@@H]4CCCC[C@]4(C)[C@H]3CC[C@]12C. The van der Waals surface area contributed by atoms with Crippen molar-refractivity contribution in [2.45, 2.75) is 91.9 Å². The average molecular weight is 431 g/mol. The summed E-state index contributed by atoms with van der Waals surface area (Å²) < 4.78 is 4.87. The molecule has 3 fully saturated rings. The Morgan fingerprint density at radius 2 is 1.77 bits per heavy atom. The Labute approximate surface area is 188 Å². The fourth-order valence-electron chi connectivity index (χ4n) is 8.94. The van der Waals surface area contributed by atoms with Crippen molar-refractivity contribution in [3.63, 3.8) is 0 Å². The number of Topliss-reactive ketones (excluding diaryl/α,β-unsaturated/α-hetero) is 1. The Bertz CT molecular complexity index is 769. The van der Waals surface area contributed by atoms with Gasteiger partial charge in [0.1, 0.15) is 5.76 Å². The monoisotopic (exact) mass is 430 g/mol. The summed E-state index contributed by atoms with van der Waals surface area (Å²) in [5.41, 5.74) is 1.09. The first kappa shape index (κ1) is 22.9. The highest BCUT2D eigenvalue weighted by molar-refractivity contribution is 5.94. The van der Waals surface area contributed by atoms with Gasteiger partial charge >= 0.3 is 5.97 Å². The highest BCUT2D eigenvalue weighted by Crippen LogP contribution is 2.69. The third-order valence-electron chi connectivity index (χ3n) is 10.5. The number of carbonyl (C=O) groups is 2. The van der Waals surface area contributed by atoms with Crippen molar-refractivity contribution in [2.24, 2.45) is 46.3 Å². The highest BCUT2D eigenvalue weighted by atomic mass is 16.5. The summed E-state index contributed by atoms with van der Waals surface area (Å²) in [7, 11) is 1.46. The molecule has 0 heterocycles. The van der Waals surface area contributed by atoms with Crippen LogP contribution in [0.4, 0.5) is 0 Å². The van der Waals surface area contributed by atoms with Crippen LogP contribution in [0.2, 0.25) is 0 Å². The molecule has 31 heavy (non-hydrogen) atoms. The predicted molar refractivity (Wildman–Crippen MR) is 121 cm³/mol. The molecule has 174 valence electrons. The molecule has 4 rings (SSSR count). The van der Waals surface area contributed by atoms with Gasteiger partial charge in [-0.25, -0.2) is 0 Å². The normalized spacial score (nSPS) is 42.9. The van der Waals surface area contributed by atoms with E-state index >= 15 is 0 Å². The van der Waals surface area contributed by atoms with Crippen LogP contribution in [0.3, 0.4) is 0 Å². The Balaban J connectivity index is 1.66. The third-order valence-corrected chi connectivity index (χ3v) is 10.5. The number of aliphatic hydroxyl groups is 1. The van der Waals surface area contributed by atoms with Crippen LogP contribution >= 0.6 is 0 Å². The minimum absolute atomic E-state index is 0.0855. The standard InChI is InChI=1S/C27H42O4/c1-16(9-12-22(29)31-5)18-10-11-20-24-21(13-15-27(18,20)4)26(3)14-7-6-8-19(26)23(17(2)28)25(24)30/h16,18-21,24,30H,6-15H2,1-5H3/t16-,18-,19+,20+,21+,24+,26+,27-/m1/s1. The molecule has 0 aromatic carbocycles. The Hall–Kier alpha value is -1.32. The molecule has 0 aliphatic heterocycles. The van der Waals surface area contributed by atoms with E-state index in [2.05, 4.69) is 20.8 Å². The van der Waals surface area contributed by atoms with Crippen LogP contribution in [-0.2, 0) is 14.3 Å². The van der Waals surface area contributed by atoms with Crippen LogP contribution in [-0.4, -0.2) is 24.0 Å². The molecule has 0 radical (unpaired) electrons. The number of methoxy groups -OCH3 is 1. The molecule has 1 N–H and O–H groups in total. The summed E-state index contributed by atoms with van der Waals surface area (Å²) in [4.78, 5) is 24.4. The van der Waals surface area contributed by atoms with E-state index in [1.807, 2.05) is 0 Å². The van der Waals surface area contributed by atoms with Gasteiger partial charge in [-0.3, -0.25) is 9.59 Å². The van der Waals surface area contributed by atoms with Crippen LogP contribution in [0.5, 0.6) is 0 Å². The molecular weight excluding hydrogens is 388 g/mol. The number of aliphatic hydroxyl groups excluding tert-OH is 1. The van der Waals surface area contributed by atoms with E-state index in [4.69, 9.17) is 4.74 Å². The zero-order valence-electron chi connectivity index (χ0n) is 20.2. The van der Waals surface area contributed by atoms with Crippen LogP contribution in [0.1, 0.15) is 91.9 Å². The maximum atomic E-state index is 12.7. The summed E-state index contributed by atoms with van der Waals surface area (Å²) in [6.45, 7) is 8.83. The van der Waals surface area contributed by atoms with Crippen molar-refractivity contribution in [2.75, 3.05) is 7.11 Å². The van der Waals surface area contributed by atoms with E-state index in [-0.39, 0.29) is 34.4 Å². The number of fused-ring (bicyclic) bond motifs is 5. The molecule has 4 aliphatic rings. The van der Waals surface area contributed by atoms with Gasteiger partial charge in [0, 0.05) is 17.9 Å². The van der Waals surface area contributed by atoms with E-state index in [0.29, 0.717) is 35.9 Å². The Kier molecular flexibility index (Phi) is 6.07. The number of rotatable bonds is 5. The fourth-order valence-corrected chi connectivity index (χ4v) is 8.94. The van der Waals surface area contributed by atoms with Crippen molar-refractivity contribution < 1.29 is 19.4 Å². The van der Waals surface area contributed by atoms with Crippen molar-refractivity contribution in [3.8, 4) is 0 Å². The summed E-state index contributed by atoms with van der Waals surface area (Å²) in [5, 5.41) is 11.6. The summed E-state index contributed by atoms with van der Waals surface area (Å²) in [6, 6.07) is 0. The van der Waals surface area contributed by atoms with Gasteiger partial charge in [-0.05, 0) is 92.3 Å². The first-order chi connectivity index (χ1) is 14.6. The van der Waals surface area contributed by atoms with Gasteiger partial charge in [0.25, 0.3) is 0 Å². The number of ketones is 1. The second-order valence-corrected chi connectivity index (χ2v) is 11.7. The molecular formula is C27H42O4. The lowest BCUT2D eigenvalue weighted by Crippen LogP contribution is -2.54. The zero-order valence-corrected chi connectivity index (χ0v) is 20.2. The first-order valence-corrected chi connectivity index (χ1v) is 12.7. The van der Waals surface area contributed by atoms with Gasteiger partial charge in [0.15, 0.2) is 5.78 Å². The summed E-state index contributed by atoms with van der Waals surface area (Å²) in [6.07, 6.45) is 10.7. The molecule has 0 amide bonds. The zero-order chi connectivity index (χ0) is 22.6. The Morgan fingerprint density at radius 3 is 2.45 bits per heavy atom. The second kappa shape index (κ2) is 8.23. The number of ether oxygens (including phenoxy) is 1. The third kappa shape index (κ3) is 3.47. The van der Waals surface area contributed by atoms with Crippen molar-refractivity contribution in [3.05, 3.63) is 11.3 Å². The minimum atomic E-state index is -0.120. The molecule has 8 atom stereocenters. The molecule has 0 spiro atoms. The number of carbonyl (C=O) groups excluding carboxylic acids is 2. The van der Waals surface area contributed by atoms with Crippen molar-refractivity contribution in [1.82, 2.24) is 0 Å². The van der Waals surface area contributed by atoms with E-state index in [1.54, 1.807) is 6.92 Å². The summed E-state index contributed by atoms with van der Waals surface area (Å²) >= 11 is 0. The van der Waals surface area contributed by atoms with Crippen LogP contribution < -0.4 is 0 Å². The van der Waals surface area contributed by atoms with E-state index in [1.165, 1.54) is 32.8 Å². The minimum Gasteiger partial charge on any atom is -0.512 e. The van der Waals surface area contributed by atoms with Gasteiger partial charge in [-0.15, -0.1) is 0 Å². The molecule has 0 aromatic rings. The lowest BCUT2D eigenvalue weighted by molar-refractivity contribution is -0.141. The van der Waals surface area contributed by atoms with E-state index < -0.39 is 0 Å². The topological polar surface area (TPSA) is 63.6 Å². The molecule has 0 saturated heterocycles. The van der Waals surface area contributed by atoms with E-state index in [9.17, 15) is 14.7 Å². The van der Waals surface area contributed by atoms with Gasteiger partial charge in [-0.1, -0.05) is 33.6 Å². The molecule has 0 aromatic heterocycles. The quantitative estimate of drug-likeness (QED) is 0.524. The molecule has 0 bridgehead atoms. The highest BCUT2D eigenvalue weighted by Gasteiger charge is 2.62. The smallest absolute Gasteiger partial charge is 0.305 e. The number of esters is 1. The molecule has 0 unspecified atom stereocenters. The Morgan fingerprint density at radius 1 is 1.06 bits per heavy atom. The molecule has 3 saturated carbocycles. The van der Waals surface area contributed by atoms with Crippen LogP contribution in [0.15, 0.2) is 11.3 Å². The lowest BCUT2D eigenvalue weighted by atomic mass is 9.44. The van der Waals surface area contributed by atoms with Crippen molar-refractivity contribution in [1.29, 1.82) is 0 Å². The molecule has 4 aliphatic carbocycles. The average Bonchev–Trinajstić information content (AvgIpc) is 3.09. The number of hydrogen-bond acceptors (Lipinski definition) is 4. The fraction of sp³-hybridized carbons (Fsp3) is 0.852. The second-order valence-electron chi connectivity index (χ2n) is 11.7. The van der Waals surface area contributed by atoms with Crippen LogP contribution in [0.25, 0.3) is 0 Å². The predicted octanol–water partition coefficient (Wildman–Crippen LogP) is 6.25. The van der Waals surface area contributed by atoms with Gasteiger partial charge in [0.05, 0.1) is 7.11 Å². The van der Waals surface area contributed by atoms with Crippen LogP contribution in [0, 0.1) is 46.3 Å². The van der Waals surface area contributed by atoms with Crippen molar-refractivity contribution >= 4 is 11.8 Å². The summed E-state index contributed by atoms with van der Waals surface area (Å²) in [5.74, 6) is 2.75. The van der Waals surface area contributed by atoms with Gasteiger partial charge < -0.3 is 9.84 Å². The number of hydrogen-bond donors (Lipinski definition) is 1. The molecule has 4 nitrogen and oxygen atoms in total. The maximum Gasteiger partial charge on any atom is 0.305 e. The number of allylic oxidation sites excluding steroid dienone is 2. The van der Waals surface area contributed by atoms with Gasteiger partial charge in [0.2, 0.25) is 0 Å². The maximum absolute atomic E-state index is 12.7. The lowest BCUT2D eigenvalue weighted by Gasteiger charge is -2.60. The largest absolute Gasteiger partial charge is 0.512 e. The first-order valence-electron chi connectivity index (χ1n) is 12.7. The van der Waals surface area contributed by atoms with Gasteiger partial charge in [-0.2, -0.15) is 0 Å². The molecule has 4 heteroatoms. The van der Waals surface area contributed by atoms with E-state index in [0.717, 1.165) is 37.7 Å².